The molecule has 1 aliphatic heterocycles. The molecule has 0 saturated heterocycles. The molecule has 0 fully saturated rings. The Bertz CT molecular complexity index is 305. The van der Waals surface area contributed by atoms with Gasteiger partial charge < -0.3 is 9.47 Å². The van der Waals surface area contributed by atoms with E-state index in [1.807, 2.05) is 0 Å². The standard InChI is InChI=1S/C9H12BrNO4S/c1-14-8(12)6(9(13)15-2)7-11-3-5(10)4-16-7/h5-6H,3-4H2,1-2H3. The molecule has 1 aliphatic rings. The van der Waals surface area contributed by atoms with Gasteiger partial charge in [-0.15, -0.1) is 11.8 Å². The van der Waals surface area contributed by atoms with Gasteiger partial charge in [0.25, 0.3) is 0 Å². The van der Waals surface area contributed by atoms with Crippen molar-refractivity contribution >= 4 is 44.7 Å². The number of nitrogens with zero attached hydrogens (tertiary/aromatic N) is 1. The van der Waals surface area contributed by atoms with Crippen molar-refractivity contribution in [1.29, 1.82) is 0 Å². The highest BCUT2D eigenvalue weighted by atomic mass is 79.9. The number of thioether (sulfide) groups is 1. The molecule has 7 heteroatoms. The Hall–Kier alpha value is -0.560. The van der Waals surface area contributed by atoms with Gasteiger partial charge in [0.2, 0.25) is 5.92 Å². The third kappa shape index (κ3) is 3.21. The number of methoxy groups -OCH3 is 2. The molecule has 0 N–H and O–H groups in total. The lowest BCUT2D eigenvalue weighted by Gasteiger charge is -2.20. The average Bonchev–Trinajstić information content (AvgIpc) is 2.31. The van der Waals surface area contributed by atoms with Crippen molar-refractivity contribution in [2.24, 2.45) is 10.9 Å². The quantitative estimate of drug-likeness (QED) is 0.439. The number of halogens is 1. The SMILES string of the molecule is COC(=O)C(C(=O)OC)C1=NCC(Br)CS1. The van der Waals surface area contributed by atoms with E-state index in [1.165, 1.54) is 26.0 Å². The number of hydrogen-bond donors (Lipinski definition) is 0. The second kappa shape index (κ2) is 6.24. The van der Waals surface area contributed by atoms with Crippen LogP contribution in [0.15, 0.2) is 4.99 Å². The van der Waals surface area contributed by atoms with Gasteiger partial charge in [-0.3, -0.25) is 14.6 Å². The topological polar surface area (TPSA) is 65.0 Å². The predicted octanol–water partition coefficient (Wildman–Crippen LogP) is 0.857. The first-order chi connectivity index (χ1) is 7.60. The van der Waals surface area contributed by atoms with E-state index in [0.717, 1.165) is 5.75 Å². The van der Waals surface area contributed by atoms with Crippen LogP contribution in [0.5, 0.6) is 0 Å². The Morgan fingerprint density at radius 1 is 1.44 bits per heavy atom. The second-order valence-corrected chi connectivity index (χ2v) is 5.40. The predicted molar refractivity (Wildman–Crippen MR) is 65.0 cm³/mol. The molecule has 5 nitrogen and oxygen atoms in total. The lowest BCUT2D eigenvalue weighted by molar-refractivity contribution is -0.154. The maximum atomic E-state index is 11.5. The first-order valence-electron chi connectivity index (χ1n) is 4.57. The van der Waals surface area contributed by atoms with Crippen molar-refractivity contribution in [3.05, 3.63) is 0 Å². The van der Waals surface area contributed by atoms with E-state index >= 15 is 0 Å². The molecule has 1 unspecified atom stereocenters. The maximum Gasteiger partial charge on any atom is 0.326 e. The fourth-order valence-corrected chi connectivity index (χ4v) is 2.69. The lowest BCUT2D eigenvalue weighted by Crippen LogP contribution is -2.34. The van der Waals surface area contributed by atoms with Crippen LogP contribution in [0.1, 0.15) is 0 Å². The summed E-state index contributed by atoms with van der Waals surface area (Å²) >= 11 is 4.78. The summed E-state index contributed by atoms with van der Waals surface area (Å²) in [4.78, 5) is 27.4. The summed E-state index contributed by atoms with van der Waals surface area (Å²) < 4.78 is 9.14. The van der Waals surface area contributed by atoms with Crippen LogP contribution in [0.2, 0.25) is 0 Å². The Kier molecular flexibility index (Phi) is 5.27. The van der Waals surface area contributed by atoms with Gasteiger partial charge in [0.15, 0.2) is 0 Å². The van der Waals surface area contributed by atoms with Gasteiger partial charge in [-0.2, -0.15) is 0 Å². The highest BCUT2D eigenvalue weighted by Gasteiger charge is 2.35. The number of rotatable bonds is 3. The monoisotopic (exact) mass is 309 g/mol. The number of carbonyl (C=O) groups excluding carboxylic acids is 2. The van der Waals surface area contributed by atoms with Crippen molar-refractivity contribution in [2.75, 3.05) is 26.5 Å². The summed E-state index contributed by atoms with van der Waals surface area (Å²) in [6.45, 7) is 0.548. The second-order valence-electron chi connectivity index (χ2n) is 3.07. The van der Waals surface area contributed by atoms with E-state index in [4.69, 9.17) is 0 Å². The first kappa shape index (κ1) is 13.5. The molecule has 0 amide bonds. The molecular formula is C9H12BrNO4S. The van der Waals surface area contributed by atoms with E-state index in [9.17, 15) is 9.59 Å². The van der Waals surface area contributed by atoms with Crippen molar-refractivity contribution < 1.29 is 19.1 Å². The largest absolute Gasteiger partial charge is 0.468 e. The first-order valence-corrected chi connectivity index (χ1v) is 6.47. The Labute approximate surface area is 106 Å². The third-order valence-electron chi connectivity index (χ3n) is 1.98. The van der Waals surface area contributed by atoms with Crippen molar-refractivity contribution in [2.45, 2.75) is 4.83 Å². The minimum atomic E-state index is -1.04. The van der Waals surface area contributed by atoms with Gasteiger partial charge >= 0.3 is 11.9 Å². The maximum absolute atomic E-state index is 11.5. The van der Waals surface area contributed by atoms with Crippen LogP contribution in [-0.4, -0.2) is 48.3 Å². The molecule has 0 aromatic rings. The highest BCUT2D eigenvalue weighted by Crippen LogP contribution is 2.24. The molecule has 1 rings (SSSR count). The number of esters is 2. The minimum absolute atomic E-state index is 0.275. The van der Waals surface area contributed by atoms with Gasteiger partial charge in [-0.1, -0.05) is 15.9 Å². The molecule has 0 aromatic heterocycles. The molecule has 16 heavy (non-hydrogen) atoms. The molecule has 0 aromatic carbocycles. The van der Waals surface area contributed by atoms with E-state index in [0.29, 0.717) is 11.6 Å². The van der Waals surface area contributed by atoms with Crippen LogP contribution in [0, 0.1) is 5.92 Å². The zero-order valence-corrected chi connectivity index (χ0v) is 11.3. The van der Waals surface area contributed by atoms with Crippen LogP contribution in [0.25, 0.3) is 0 Å². The van der Waals surface area contributed by atoms with Crippen LogP contribution in [0.3, 0.4) is 0 Å². The molecular weight excluding hydrogens is 298 g/mol. The van der Waals surface area contributed by atoms with Gasteiger partial charge in [-0.25, -0.2) is 0 Å². The molecule has 90 valence electrons. The fourth-order valence-electron chi connectivity index (χ4n) is 1.17. The number of alkyl halides is 1. The molecule has 0 aliphatic carbocycles. The smallest absolute Gasteiger partial charge is 0.326 e. The van der Waals surface area contributed by atoms with Gasteiger partial charge in [-0.05, 0) is 0 Å². The molecule has 0 spiro atoms. The Balaban J connectivity index is 2.85. The summed E-state index contributed by atoms with van der Waals surface area (Å²) in [7, 11) is 2.47. The minimum Gasteiger partial charge on any atom is -0.468 e. The lowest BCUT2D eigenvalue weighted by atomic mass is 10.1. The highest BCUT2D eigenvalue weighted by molar-refractivity contribution is 9.09. The van der Waals surface area contributed by atoms with Crippen molar-refractivity contribution in [3.8, 4) is 0 Å². The average molecular weight is 310 g/mol. The molecule has 0 saturated carbocycles. The summed E-state index contributed by atoms with van der Waals surface area (Å²) in [5, 5.41) is 0.467. The van der Waals surface area contributed by atoms with Crippen molar-refractivity contribution in [1.82, 2.24) is 0 Å². The van der Waals surface area contributed by atoms with Gasteiger partial charge in [0.1, 0.15) is 0 Å². The third-order valence-corrected chi connectivity index (χ3v) is 4.25. The van der Waals surface area contributed by atoms with Crippen LogP contribution in [-0.2, 0) is 19.1 Å². The summed E-state index contributed by atoms with van der Waals surface area (Å²) in [5.74, 6) is -1.54. The molecule has 0 radical (unpaired) electrons. The molecule has 0 bridgehead atoms. The van der Waals surface area contributed by atoms with Crippen LogP contribution in [0.4, 0.5) is 0 Å². The fraction of sp³-hybridized carbons (Fsp3) is 0.667. The number of hydrogen-bond acceptors (Lipinski definition) is 6. The zero-order chi connectivity index (χ0) is 12.1. The van der Waals surface area contributed by atoms with Gasteiger partial charge in [0.05, 0.1) is 25.8 Å². The molecule has 1 atom stereocenters. The number of ether oxygens (including phenoxy) is 2. The van der Waals surface area contributed by atoms with Gasteiger partial charge in [0, 0.05) is 10.6 Å². The van der Waals surface area contributed by atoms with E-state index in [2.05, 4.69) is 30.4 Å². The van der Waals surface area contributed by atoms with E-state index in [-0.39, 0.29) is 4.83 Å². The number of aliphatic imine (C=N–C) groups is 1. The molecule has 1 heterocycles. The normalized spacial score (nSPS) is 20.2. The van der Waals surface area contributed by atoms with Crippen molar-refractivity contribution in [3.63, 3.8) is 0 Å². The summed E-state index contributed by atoms with van der Waals surface area (Å²) in [6.07, 6.45) is 0. The Morgan fingerprint density at radius 3 is 2.38 bits per heavy atom. The summed E-state index contributed by atoms with van der Waals surface area (Å²) in [5.41, 5.74) is 0. The van der Waals surface area contributed by atoms with E-state index < -0.39 is 17.9 Å². The zero-order valence-electron chi connectivity index (χ0n) is 8.94. The Morgan fingerprint density at radius 2 is 2.00 bits per heavy atom. The van der Waals surface area contributed by atoms with Crippen LogP contribution >= 0.6 is 27.7 Å². The van der Waals surface area contributed by atoms with Crippen LogP contribution < -0.4 is 0 Å². The summed E-state index contributed by atoms with van der Waals surface area (Å²) in [6, 6.07) is 0. The number of carbonyl (C=O) groups is 2. The van der Waals surface area contributed by atoms with E-state index in [1.54, 1.807) is 0 Å².